The van der Waals surface area contributed by atoms with E-state index in [1.54, 1.807) is 4.90 Å². The zero-order valence-corrected chi connectivity index (χ0v) is 14.6. The summed E-state index contributed by atoms with van der Waals surface area (Å²) in [6, 6.07) is 17.2. The van der Waals surface area contributed by atoms with E-state index < -0.39 is 5.92 Å². The van der Waals surface area contributed by atoms with Gasteiger partial charge in [-0.15, -0.1) is 6.58 Å². The highest BCUT2D eigenvalue weighted by Gasteiger charge is 2.55. The van der Waals surface area contributed by atoms with Gasteiger partial charge in [-0.1, -0.05) is 36.4 Å². The van der Waals surface area contributed by atoms with Crippen LogP contribution in [0.25, 0.3) is 0 Å². The lowest BCUT2D eigenvalue weighted by Crippen LogP contribution is -2.55. The second-order valence-electron chi connectivity index (χ2n) is 6.67. The normalized spacial score (nSPS) is 23.9. The number of anilines is 3. The van der Waals surface area contributed by atoms with Crippen LogP contribution in [0.5, 0.6) is 0 Å². The number of nitrogens with one attached hydrogen (secondary N) is 1. The quantitative estimate of drug-likeness (QED) is 0.682. The standard InChI is InChI=1S/C21H21N3O2/c1-3-13-23-17-12-8-7-11-16(17)22-20-19(23)18(14(2)25)21(26)24(20)15-9-5-4-6-10-15/h3-12,18-20,22H,1,13H2,2H3/t18-,19+,20-/m0/s1. The van der Waals surface area contributed by atoms with E-state index in [1.165, 1.54) is 6.92 Å². The summed E-state index contributed by atoms with van der Waals surface area (Å²) in [5.74, 6) is -0.979. The Bertz CT molecular complexity index is 865. The van der Waals surface area contributed by atoms with Crippen molar-refractivity contribution in [3.05, 3.63) is 67.3 Å². The number of amides is 1. The molecular weight excluding hydrogens is 326 g/mol. The molecule has 0 saturated carbocycles. The van der Waals surface area contributed by atoms with Crippen LogP contribution in [-0.2, 0) is 9.59 Å². The number of Topliss-reactive ketones (excluding diaryl/α,β-unsaturated/α-hetero) is 1. The van der Waals surface area contributed by atoms with E-state index in [1.807, 2.05) is 60.7 Å². The van der Waals surface area contributed by atoms with Crippen LogP contribution in [0, 0.1) is 5.92 Å². The van der Waals surface area contributed by atoms with Crippen LogP contribution in [0.3, 0.4) is 0 Å². The Labute approximate surface area is 152 Å². The largest absolute Gasteiger partial charge is 0.361 e. The number of carbonyl (C=O) groups excluding carboxylic acids is 2. The molecule has 0 aliphatic carbocycles. The van der Waals surface area contributed by atoms with E-state index in [0.29, 0.717) is 6.54 Å². The van der Waals surface area contributed by atoms with Crippen molar-refractivity contribution in [3.8, 4) is 0 Å². The van der Waals surface area contributed by atoms with Gasteiger partial charge in [-0.3, -0.25) is 14.5 Å². The summed E-state index contributed by atoms with van der Waals surface area (Å²) >= 11 is 0. The lowest BCUT2D eigenvalue weighted by Gasteiger charge is -2.43. The molecule has 1 amide bonds. The molecule has 0 aromatic heterocycles. The zero-order valence-electron chi connectivity index (χ0n) is 14.6. The number of carbonyl (C=O) groups is 2. The summed E-state index contributed by atoms with van der Waals surface area (Å²) < 4.78 is 0. The minimum atomic E-state index is -0.707. The lowest BCUT2D eigenvalue weighted by molar-refractivity contribution is -0.129. The number of rotatable bonds is 4. The van der Waals surface area contributed by atoms with Gasteiger partial charge in [0.05, 0.1) is 17.4 Å². The first-order valence-electron chi connectivity index (χ1n) is 8.75. The Morgan fingerprint density at radius 2 is 1.85 bits per heavy atom. The summed E-state index contributed by atoms with van der Waals surface area (Å²) in [6.07, 6.45) is 1.50. The van der Waals surface area contributed by atoms with Crippen LogP contribution in [0.1, 0.15) is 6.92 Å². The fraction of sp³-hybridized carbons (Fsp3) is 0.238. The predicted molar refractivity (Wildman–Crippen MR) is 103 cm³/mol. The summed E-state index contributed by atoms with van der Waals surface area (Å²) in [7, 11) is 0. The molecule has 1 fully saturated rings. The molecule has 0 unspecified atom stereocenters. The first-order valence-corrected chi connectivity index (χ1v) is 8.75. The first-order chi connectivity index (χ1) is 12.6. The SMILES string of the molecule is C=CCN1c2ccccc2N[C@@H]2[C@H]1[C@H](C(C)=O)C(=O)N2c1ccccc1. The summed E-state index contributed by atoms with van der Waals surface area (Å²) in [5, 5.41) is 3.49. The van der Waals surface area contributed by atoms with E-state index >= 15 is 0 Å². The third-order valence-corrected chi connectivity index (χ3v) is 5.12. The van der Waals surface area contributed by atoms with Crippen molar-refractivity contribution in [2.75, 3.05) is 21.7 Å². The van der Waals surface area contributed by atoms with Gasteiger partial charge in [-0.2, -0.15) is 0 Å². The molecule has 2 aromatic rings. The summed E-state index contributed by atoms with van der Waals surface area (Å²) in [5.41, 5.74) is 2.73. The number of ketones is 1. The maximum atomic E-state index is 13.2. The first kappa shape index (κ1) is 16.4. The third kappa shape index (κ3) is 2.39. The molecule has 2 aromatic carbocycles. The van der Waals surface area contributed by atoms with E-state index in [9.17, 15) is 9.59 Å². The molecule has 26 heavy (non-hydrogen) atoms. The minimum Gasteiger partial charge on any atom is -0.361 e. The van der Waals surface area contributed by atoms with Crippen LogP contribution < -0.4 is 15.1 Å². The van der Waals surface area contributed by atoms with Crippen molar-refractivity contribution >= 4 is 28.8 Å². The van der Waals surface area contributed by atoms with Crippen LogP contribution >= 0.6 is 0 Å². The molecule has 1 saturated heterocycles. The fourth-order valence-corrected chi connectivity index (χ4v) is 4.08. The molecule has 5 nitrogen and oxygen atoms in total. The van der Waals surface area contributed by atoms with Crippen molar-refractivity contribution < 1.29 is 9.59 Å². The topological polar surface area (TPSA) is 52.7 Å². The van der Waals surface area contributed by atoms with Gasteiger partial charge in [0, 0.05) is 12.2 Å². The van der Waals surface area contributed by atoms with Crippen LogP contribution in [0.4, 0.5) is 17.1 Å². The molecular formula is C21H21N3O2. The van der Waals surface area contributed by atoms with E-state index in [2.05, 4.69) is 16.8 Å². The van der Waals surface area contributed by atoms with Gasteiger partial charge in [-0.25, -0.2) is 0 Å². The Morgan fingerprint density at radius 3 is 2.54 bits per heavy atom. The Balaban J connectivity index is 1.87. The van der Waals surface area contributed by atoms with E-state index in [0.717, 1.165) is 17.1 Å². The maximum absolute atomic E-state index is 13.2. The number of nitrogens with zero attached hydrogens (tertiary/aromatic N) is 2. The molecule has 0 spiro atoms. The maximum Gasteiger partial charge on any atom is 0.241 e. The van der Waals surface area contributed by atoms with Gasteiger partial charge < -0.3 is 10.2 Å². The number of hydrogen-bond acceptors (Lipinski definition) is 4. The molecule has 4 rings (SSSR count). The van der Waals surface area contributed by atoms with E-state index in [4.69, 9.17) is 0 Å². The molecule has 3 atom stereocenters. The molecule has 132 valence electrons. The molecule has 5 heteroatoms. The number of para-hydroxylation sites is 3. The van der Waals surface area contributed by atoms with Crippen LogP contribution in [0.2, 0.25) is 0 Å². The average Bonchev–Trinajstić information content (AvgIpc) is 2.94. The minimum absolute atomic E-state index is 0.112. The zero-order chi connectivity index (χ0) is 18.3. The monoisotopic (exact) mass is 347 g/mol. The Morgan fingerprint density at radius 1 is 1.15 bits per heavy atom. The molecule has 0 bridgehead atoms. The molecule has 1 N–H and O–H groups in total. The van der Waals surface area contributed by atoms with Gasteiger partial charge in [-0.05, 0) is 31.2 Å². The van der Waals surface area contributed by atoms with Gasteiger partial charge >= 0.3 is 0 Å². The number of fused-ring (bicyclic) bond motifs is 2. The van der Waals surface area contributed by atoms with Crippen molar-refractivity contribution in [2.45, 2.75) is 19.1 Å². The number of hydrogen-bond donors (Lipinski definition) is 1. The van der Waals surface area contributed by atoms with Gasteiger partial charge in [0.15, 0.2) is 0 Å². The predicted octanol–water partition coefficient (Wildman–Crippen LogP) is 3.05. The summed E-state index contributed by atoms with van der Waals surface area (Å²) in [4.78, 5) is 29.5. The van der Waals surface area contributed by atoms with Crippen LogP contribution in [0.15, 0.2) is 67.3 Å². The third-order valence-electron chi connectivity index (χ3n) is 5.12. The fourth-order valence-electron chi connectivity index (χ4n) is 4.08. The van der Waals surface area contributed by atoms with Crippen molar-refractivity contribution in [1.82, 2.24) is 0 Å². The molecule has 2 heterocycles. The highest BCUT2D eigenvalue weighted by atomic mass is 16.2. The van der Waals surface area contributed by atoms with Crippen molar-refractivity contribution in [1.29, 1.82) is 0 Å². The lowest BCUT2D eigenvalue weighted by atomic mass is 9.93. The average molecular weight is 347 g/mol. The smallest absolute Gasteiger partial charge is 0.241 e. The highest BCUT2D eigenvalue weighted by molar-refractivity contribution is 6.12. The number of benzene rings is 2. The second-order valence-corrected chi connectivity index (χ2v) is 6.67. The second kappa shape index (κ2) is 6.33. The van der Waals surface area contributed by atoms with Gasteiger partial charge in [0.25, 0.3) is 0 Å². The van der Waals surface area contributed by atoms with Crippen molar-refractivity contribution in [3.63, 3.8) is 0 Å². The Kier molecular flexibility index (Phi) is 3.99. The van der Waals surface area contributed by atoms with Crippen molar-refractivity contribution in [2.24, 2.45) is 5.92 Å². The summed E-state index contributed by atoms with van der Waals surface area (Å²) in [6.45, 7) is 5.93. The highest BCUT2D eigenvalue weighted by Crippen LogP contribution is 2.43. The van der Waals surface area contributed by atoms with Crippen LogP contribution in [-0.4, -0.2) is 30.4 Å². The molecule has 2 aliphatic rings. The molecule has 2 aliphatic heterocycles. The van der Waals surface area contributed by atoms with Gasteiger partial charge in [0.1, 0.15) is 17.9 Å². The Hall–Kier alpha value is -3.08. The molecule has 0 radical (unpaired) electrons. The van der Waals surface area contributed by atoms with E-state index in [-0.39, 0.29) is 23.9 Å². The van der Waals surface area contributed by atoms with Gasteiger partial charge in [0.2, 0.25) is 5.91 Å².